The minimum Gasteiger partial charge on any atom is -0.480 e. The lowest BCUT2D eigenvalue weighted by Gasteiger charge is -2.37. The molecule has 176 valence electrons. The summed E-state index contributed by atoms with van der Waals surface area (Å²) in [6.07, 6.45) is 1.96. The number of benzene rings is 1. The van der Waals surface area contributed by atoms with Gasteiger partial charge in [0.1, 0.15) is 12.1 Å². The highest BCUT2D eigenvalue weighted by atomic mass is 16.6. The second-order valence-corrected chi connectivity index (χ2v) is 9.47. The van der Waals surface area contributed by atoms with Crippen LogP contribution >= 0.6 is 0 Å². The largest absolute Gasteiger partial charge is 0.480 e. The monoisotopic (exact) mass is 444 g/mol. The van der Waals surface area contributed by atoms with Crippen molar-refractivity contribution in [1.29, 1.82) is 0 Å². The molecule has 0 aliphatic carbocycles. The van der Waals surface area contributed by atoms with Crippen LogP contribution in [0.1, 0.15) is 25.3 Å². The molecule has 8 heteroatoms. The highest BCUT2D eigenvalue weighted by Gasteiger charge is 2.35. The SMILES string of the molecule is CC(C(=O)O)N1CCN(CC2CN(CC3CCN(Cc4ccccc4)CC3)C(=O)O2)CC1. The summed E-state index contributed by atoms with van der Waals surface area (Å²) in [5.74, 6) is -0.237. The Bertz CT molecular complexity index is 761. The van der Waals surface area contributed by atoms with Crippen LogP contribution in [-0.4, -0.2) is 108 Å². The Labute approximate surface area is 190 Å². The number of carboxylic acid groups (broad SMARTS) is 1. The van der Waals surface area contributed by atoms with Crippen LogP contribution in [0.5, 0.6) is 0 Å². The van der Waals surface area contributed by atoms with Gasteiger partial charge in [0, 0.05) is 45.8 Å². The van der Waals surface area contributed by atoms with E-state index >= 15 is 0 Å². The Morgan fingerprint density at radius 2 is 1.72 bits per heavy atom. The smallest absolute Gasteiger partial charge is 0.410 e. The van der Waals surface area contributed by atoms with Crippen LogP contribution in [0.15, 0.2) is 30.3 Å². The highest BCUT2D eigenvalue weighted by molar-refractivity contribution is 5.72. The average molecular weight is 445 g/mol. The molecular weight excluding hydrogens is 408 g/mol. The van der Waals surface area contributed by atoms with Gasteiger partial charge in [-0.1, -0.05) is 30.3 Å². The van der Waals surface area contributed by atoms with Crippen molar-refractivity contribution in [2.45, 2.75) is 38.5 Å². The molecule has 3 saturated heterocycles. The van der Waals surface area contributed by atoms with Crippen molar-refractivity contribution >= 4 is 12.1 Å². The Balaban J connectivity index is 1.16. The minimum atomic E-state index is -0.773. The van der Waals surface area contributed by atoms with Gasteiger partial charge in [0.15, 0.2) is 0 Å². The number of piperazine rings is 1. The van der Waals surface area contributed by atoms with Gasteiger partial charge in [0.2, 0.25) is 0 Å². The van der Waals surface area contributed by atoms with E-state index < -0.39 is 12.0 Å². The number of carbonyl (C=O) groups excluding carboxylic acids is 1. The maximum absolute atomic E-state index is 12.4. The molecule has 0 spiro atoms. The lowest BCUT2D eigenvalue weighted by molar-refractivity contribution is -0.143. The predicted molar refractivity (Wildman–Crippen MR) is 121 cm³/mol. The number of piperidine rings is 1. The third-order valence-electron chi connectivity index (χ3n) is 7.16. The first kappa shape index (κ1) is 23.0. The van der Waals surface area contributed by atoms with E-state index in [0.717, 1.165) is 71.7 Å². The van der Waals surface area contributed by atoms with Gasteiger partial charge in [-0.25, -0.2) is 4.79 Å². The summed E-state index contributed by atoms with van der Waals surface area (Å²) in [6, 6.07) is 10.1. The van der Waals surface area contributed by atoms with Crippen LogP contribution in [0.4, 0.5) is 4.79 Å². The molecule has 3 aliphatic heterocycles. The third-order valence-corrected chi connectivity index (χ3v) is 7.16. The van der Waals surface area contributed by atoms with Gasteiger partial charge in [-0.15, -0.1) is 0 Å². The number of rotatable bonds is 8. The normalized spacial score (nSPS) is 25.1. The molecule has 0 saturated carbocycles. The summed E-state index contributed by atoms with van der Waals surface area (Å²) in [4.78, 5) is 32.3. The maximum atomic E-state index is 12.4. The number of cyclic esters (lactones) is 1. The van der Waals surface area contributed by atoms with Crippen molar-refractivity contribution in [3.05, 3.63) is 35.9 Å². The molecule has 0 radical (unpaired) electrons. The van der Waals surface area contributed by atoms with Crippen LogP contribution < -0.4 is 0 Å². The number of hydrogen-bond acceptors (Lipinski definition) is 6. The van der Waals surface area contributed by atoms with Gasteiger partial charge in [-0.3, -0.25) is 19.5 Å². The van der Waals surface area contributed by atoms with Crippen LogP contribution in [-0.2, 0) is 16.1 Å². The van der Waals surface area contributed by atoms with Crippen molar-refractivity contribution in [2.75, 3.05) is 58.9 Å². The van der Waals surface area contributed by atoms with E-state index in [-0.39, 0.29) is 12.2 Å². The van der Waals surface area contributed by atoms with Gasteiger partial charge in [-0.2, -0.15) is 0 Å². The zero-order chi connectivity index (χ0) is 22.5. The second kappa shape index (κ2) is 10.6. The van der Waals surface area contributed by atoms with E-state index in [4.69, 9.17) is 4.74 Å². The van der Waals surface area contributed by atoms with Crippen molar-refractivity contribution in [2.24, 2.45) is 5.92 Å². The number of nitrogens with zero attached hydrogens (tertiary/aromatic N) is 4. The number of amides is 1. The molecule has 3 fully saturated rings. The number of likely N-dealkylation sites (tertiary alicyclic amines) is 1. The Hall–Kier alpha value is -2.16. The minimum absolute atomic E-state index is 0.0934. The first-order valence-corrected chi connectivity index (χ1v) is 11.9. The van der Waals surface area contributed by atoms with Gasteiger partial charge in [0.05, 0.1) is 6.54 Å². The van der Waals surface area contributed by atoms with Crippen molar-refractivity contribution in [3.8, 4) is 0 Å². The van der Waals surface area contributed by atoms with Crippen LogP contribution in [0.3, 0.4) is 0 Å². The maximum Gasteiger partial charge on any atom is 0.410 e. The highest BCUT2D eigenvalue weighted by Crippen LogP contribution is 2.23. The van der Waals surface area contributed by atoms with E-state index in [1.165, 1.54) is 5.56 Å². The summed E-state index contributed by atoms with van der Waals surface area (Å²) in [5, 5.41) is 9.18. The molecule has 32 heavy (non-hydrogen) atoms. The van der Waals surface area contributed by atoms with Crippen molar-refractivity contribution < 1.29 is 19.4 Å². The fourth-order valence-corrected chi connectivity index (χ4v) is 5.08. The first-order valence-electron chi connectivity index (χ1n) is 11.9. The van der Waals surface area contributed by atoms with Crippen LogP contribution in [0, 0.1) is 5.92 Å². The summed E-state index contributed by atoms with van der Waals surface area (Å²) < 4.78 is 5.66. The van der Waals surface area contributed by atoms with Gasteiger partial charge < -0.3 is 14.7 Å². The lowest BCUT2D eigenvalue weighted by Crippen LogP contribution is -2.53. The predicted octanol–water partition coefficient (Wildman–Crippen LogP) is 1.81. The van der Waals surface area contributed by atoms with Gasteiger partial charge in [0.25, 0.3) is 0 Å². The van der Waals surface area contributed by atoms with Gasteiger partial charge >= 0.3 is 12.1 Å². The summed E-state index contributed by atoms with van der Waals surface area (Å²) >= 11 is 0. The average Bonchev–Trinajstić information content (AvgIpc) is 3.14. The van der Waals surface area contributed by atoms with Crippen molar-refractivity contribution in [3.63, 3.8) is 0 Å². The quantitative estimate of drug-likeness (QED) is 0.655. The molecule has 4 rings (SSSR count). The van der Waals surface area contributed by atoms with E-state index in [1.54, 1.807) is 6.92 Å². The third kappa shape index (κ3) is 5.99. The number of ether oxygens (including phenoxy) is 1. The number of carbonyl (C=O) groups is 2. The van der Waals surface area contributed by atoms with Crippen LogP contribution in [0.2, 0.25) is 0 Å². The number of hydrogen-bond donors (Lipinski definition) is 1. The van der Waals surface area contributed by atoms with Gasteiger partial charge in [-0.05, 0) is 44.3 Å². The standard InChI is InChI=1S/C24H36N4O4/c1-19(23(29)30)27-13-11-26(12-14-27)17-22-18-28(24(31)32-22)16-21-7-9-25(10-8-21)15-20-5-3-2-4-6-20/h2-6,19,21-22H,7-18H2,1H3,(H,29,30). The lowest BCUT2D eigenvalue weighted by atomic mass is 9.96. The fourth-order valence-electron chi connectivity index (χ4n) is 5.08. The molecule has 1 amide bonds. The molecule has 3 aliphatic rings. The van der Waals surface area contributed by atoms with Crippen molar-refractivity contribution in [1.82, 2.24) is 19.6 Å². The summed E-state index contributed by atoms with van der Waals surface area (Å²) in [7, 11) is 0. The molecule has 1 N–H and O–H groups in total. The van der Waals surface area contributed by atoms with E-state index in [0.29, 0.717) is 12.5 Å². The molecule has 0 aromatic heterocycles. The summed E-state index contributed by atoms with van der Waals surface area (Å²) in [5.41, 5.74) is 1.36. The molecule has 2 unspecified atom stereocenters. The molecule has 1 aromatic rings. The Morgan fingerprint density at radius 1 is 1.03 bits per heavy atom. The molecule has 0 bridgehead atoms. The van der Waals surface area contributed by atoms with E-state index in [1.807, 2.05) is 9.80 Å². The Morgan fingerprint density at radius 3 is 2.38 bits per heavy atom. The molecule has 8 nitrogen and oxygen atoms in total. The Kier molecular flexibility index (Phi) is 7.65. The molecule has 3 heterocycles. The van der Waals surface area contributed by atoms with E-state index in [2.05, 4.69) is 40.1 Å². The fraction of sp³-hybridized carbons (Fsp3) is 0.667. The second-order valence-electron chi connectivity index (χ2n) is 9.47. The zero-order valence-corrected chi connectivity index (χ0v) is 19.1. The molecule has 1 aromatic carbocycles. The first-order chi connectivity index (χ1) is 15.5. The topological polar surface area (TPSA) is 76.6 Å². The number of carboxylic acids is 1. The number of aliphatic carboxylic acids is 1. The zero-order valence-electron chi connectivity index (χ0n) is 19.1. The molecular formula is C24H36N4O4. The van der Waals surface area contributed by atoms with E-state index in [9.17, 15) is 14.7 Å². The summed E-state index contributed by atoms with van der Waals surface area (Å²) in [6.45, 7) is 10.2. The molecule has 2 atom stereocenters. The van der Waals surface area contributed by atoms with Crippen LogP contribution in [0.25, 0.3) is 0 Å².